The second-order valence-corrected chi connectivity index (χ2v) is 6.37. The fourth-order valence-electron chi connectivity index (χ4n) is 3.21. The van der Waals surface area contributed by atoms with Crippen molar-refractivity contribution in [2.24, 2.45) is 5.73 Å². The SMILES string of the molecule is Cc1noc(N2C=COC2c2ccc(-c3ccccc3)c(CN)c2)c1C. The first kappa shape index (κ1) is 16.4. The third kappa shape index (κ3) is 2.76. The van der Waals surface area contributed by atoms with Crippen molar-refractivity contribution >= 4 is 5.88 Å². The highest BCUT2D eigenvalue weighted by atomic mass is 16.5. The molecular formula is C21H21N3O2. The molecule has 0 radical (unpaired) electrons. The van der Waals surface area contributed by atoms with Gasteiger partial charge in [0.05, 0.1) is 5.69 Å². The molecule has 5 heteroatoms. The van der Waals surface area contributed by atoms with E-state index >= 15 is 0 Å². The molecule has 1 atom stereocenters. The maximum Gasteiger partial charge on any atom is 0.237 e. The Bertz CT molecular complexity index is 947. The quantitative estimate of drug-likeness (QED) is 0.757. The second-order valence-electron chi connectivity index (χ2n) is 6.37. The molecule has 26 heavy (non-hydrogen) atoms. The maximum absolute atomic E-state index is 6.03. The molecule has 0 aliphatic carbocycles. The van der Waals surface area contributed by atoms with Crippen LogP contribution in [0.5, 0.6) is 0 Å². The zero-order valence-electron chi connectivity index (χ0n) is 14.8. The Hall–Kier alpha value is -3.05. The summed E-state index contributed by atoms with van der Waals surface area (Å²) in [5.41, 5.74) is 12.3. The maximum atomic E-state index is 6.03. The molecule has 132 valence electrons. The van der Waals surface area contributed by atoms with Gasteiger partial charge in [0.2, 0.25) is 12.1 Å². The Morgan fingerprint density at radius 3 is 2.62 bits per heavy atom. The summed E-state index contributed by atoms with van der Waals surface area (Å²) < 4.78 is 11.3. The molecule has 1 aliphatic rings. The largest absolute Gasteiger partial charge is 0.472 e. The Morgan fingerprint density at radius 1 is 1.12 bits per heavy atom. The third-order valence-corrected chi connectivity index (χ3v) is 4.77. The van der Waals surface area contributed by atoms with Gasteiger partial charge in [-0.15, -0.1) is 0 Å². The van der Waals surface area contributed by atoms with Crippen LogP contribution in [0.15, 0.2) is 65.5 Å². The minimum atomic E-state index is -0.295. The van der Waals surface area contributed by atoms with Gasteiger partial charge in [0.1, 0.15) is 6.26 Å². The van der Waals surface area contributed by atoms with Crippen molar-refractivity contribution in [3.8, 4) is 11.1 Å². The van der Waals surface area contributed by atoms with Gasteiger partial charge in [-0.1, -0.05) is 47.6 Å². The van der Waals surface area contributed by atoms with Crippen LogP contribution in [0.25, 0.3) is 11.1 Å². The first-order chi connectivity index (χ1) is 12.7. The number of anilines is 1. The van der Waals surface area contributed by atoms with E-state index in [1.807, 2.05) is 43.1 Å². The topological polar surface area (TPSA) is 64.5 Å². The van der Waals surface area contributed by atoms with E-state index in [1.165, 1.54) is 0 Å². The number of rotatable bonds is 4. The minimum absolute atomic E-state index is 0.295. The predicted octanol–water partition coefficient (Wildman–Crippen LogP) is 4.42. The highest BCUT2D eigenvalue weighted by molar-refractivity contribution is 5.68. The van der Waals surface area contributed by atoms with Gasteiger partial charge in [0.25, 0.3) is 0 Å². The van der Waals surface area contributed by atoms with Crippen molar-refractivity contribution in [2.75, 3.05) is 4.90 Å². The van der Waals surface area contributed by atoms with Crippen LogP contribution in [0, 0.1) is 13.8 Å². The molecule has 0 amide bonds. The van der Waals surface area contributed by atoms with E-state index in [1.54, 1.807) is 6.26 Å². The van der Waals surface area contributed by atoms with Gasteiger partial charge < -0.3 is 15.0 Å². The molecule has 2 heterocycles. The molecule has 0 bridgehead atoms. The Labute approximate surface area is 152 Å². The van der Waals surface area contributed by atoms with Crippen molar-refractivity contribution in [3.63, 3.8) is 0 Å². The Kier molecular flexibility index (Phi) is 4.22. The van der Waals surface area contributed by atoms with Gasteiger partial charge in [0.15, 0.2) is 0 Å². The molecule has 0 spiro atoms. The number of hydrogen-bond acceptors (Lipinski definition) is 5. The highest BCUT2D eigenvalue weighted by Gasteiger charge is 2.29. The van der Waals surface area contributed by atoms with Crippen molar-refractivity contribution in [2.45, 2.75) is 26.6 Å². The fraction of sp³-hybridized carbons (Fsp3) is 0.190. The standard InChI is InChI=1S/C21H21N3O2/c1-14-15(2)23-26-20(14)24-10-11-25-21(24)17-8-9-19(18(12-17)13-22)16-6-4-3-5-7-16/h3-12,21H,13,22H2,1-2H3. The molecule has 0 fully saturated rings. The lowest BCUT2D eigenvalue weighted by atomic mass is 9.97. The summed E-state index contributed by atoms with van der Waals surface area (Å²) in [5, 5.41) is 4.05. The van der Waals surface area contributed by atoms with Gasteiger partial charge in [-0.05, 0) is 36.6 Å². The lowest BCUT2D eigenvalue weighted by Gasteiger charge is -2.23. The van der Waals surface area contributed by atoms with Gasteiger partial charge in [-0.3, -0.25) is 4.90 Å². The van der Waals surface area contributed by atoms with Crippen LogP contribution >= 0.6 is 0 Å². The van der Waals surface area contributed by atoms with Crippen LogP contribution in [0.3, 0.4) is 0 Å². The number of nitrogens with zero attached hydrogens (tertiary/aromatic N) is 2. The molecule has 1 aromatic heterocycles. The Balaban J connectivity index is 1.71. The van der Waals surface area contributed by atoms with E-state index < -0.39 is 0 Å². The lowest BCUT2D eigenvalue weighted by molar-refractivity contribution is 0.169. The second kappa shape index (κ2) is 6.69. The van der Waals surface area contributed by atoms with Crippen LogP contribution in [0.4, 0.5) is 5.88 Å². The number of aryl methyl sites for hydroxylation is 1. The van der Waals surface area contributed by atoms with Crippen molar-refractivity contribution in [1.29, 1.82) is 0 Å². The smallest absolute Gasteiger partial charge is 0.237 e. The van der Waals surface area contributed by atoms with E-state index in [2.05, 4.69) is 35.5 Å². The average molecular weight is 347 g/mol. The van der Waals surface area contributed by atoms with E-state index in [0.29, 0.717) is 12.4 Å². The molecule has 0 saturated carbocycles. The summed E-state index contributed by atoms with van der Waals surface area (Å²) >= 11 is 0. The lowest BCUT2D eigenvalue weighted by Crippen LogP contribution is -2.20. The monoisotopic (exact) mass is 347 g/mol. The molecule has 0 saturated heterocycles. The molecule has 2 N–H and O–H groups in total. The number of aromatic nitrogens is 1. The summed E-state index contributed by atoms with van der Waals surface area (Å²) in [4.78, 5) is 1.95. The summed E-state index contributed by atoms with van der Waals surface area (Å²) in [5.74, 6) is 0.697. The van der Waals surface area contributed by atoms with Crippen molar-refractivity contribution in [1.82, 2.24) is 5.16 Å². The number of benzene rings is 2. The minimum Gasteiger partial charge on any atom is -0.472 e. The zero-order chi connectivity index (χ0) is 18.1. The molecule has 1 unspecified atom stereocenters. The highest BCUT2D eigenvalue weighted by Crippen LogP contribution is 2.37. The summed E-state index contributed by atoms with van der Waals surface area (Å²) in [6, 6.07) is 16.5. The number of nitrogens with two attached hydrogens (primary N) is 1. The van der Waals surface area contributed by atoms with E-state index in [-0.39, 0.29) is 6.23 Å². The number of ether oxygens (including phenoxy) is 1. The van der Waals surface area contributed by atoms with Crippen LogP contribution in [0.1, 0.15) is 28.6 Å². The molecule has 5 nitrogen and oxygen atoms in total. The molecule has 2 aromatic carbocycles. The third-order valence-electron chi connectivity index (χ3n) is 4.77. The predicted molar refractivity (Wildman–Crippen MR) is 101 cm³/mol. The van der Waals surface area contributed by atoms with Gasteiger partial charge >= 0.3 is 0 Å². The molecule has 3 aromatic rings. The number of hydrogen-bond donors (Lipinski definition) is 1. The molecular weight excluding hydrogens is 326 g/mol. The van der Waals surface area contributed by atoms with Crippen molar-refractivity contribution in [3.05, 3.63) is 83.4 Å². The first-order valence-corrected chi connectivity index (χ1v) is 8.60. The van der Waals surface area contributed by atoms with Gasteiger partial charge in [-0.2, -0.15) is 0 Å². The molecule has 1 aliphatic heterocycles. The van der Waals surface area contributed by atoms with Gasteiger partial charge in [0, 0.05) is 23.9 Å². The van der Waals surface area contributed by atoms with Crippen LogP contribution in [-0.2, 0) is 11.3 Å². The van der Waals surface area contributed by atoms with Gasteiger partial charge in [-0.25, -0.2) is 0 Å². The van der Waals surface area contributed by atoms with Crippen molar-refractivity contribution < 1.29 is 9.26 Å². The van der Waals surface area contributed by atoms with Crippen LogP contribution in [0.2, 0.25) is 0 Å². The average Bonchev–Trinajstić information content (AvgIpc) is 3.29. The fourth-order valence-corrected chi connectivity index (χ4v) is 3.21. The first-order valence-electron chi connectivity index (χ1n) is 8.60. The Morgan fingerprint density at radius 2 is 1.92 bits per heavy atom. The van der Waals surface area contributed by atoms with E-state index in [0.717, 1.165) is 33.5 Å². The summed E-state index contributed by atoms with van der Waals surface area (Å²) in [6.07, 6.45) is 3.25. The van der Waals surface area contributed by atoms with E-state index in [9.17, 15) is 0 Å². The summed E-state index contributed by atoms with van der Waals surface area (Å²) in [7, 11) is 0. The van der Waals surface area contributed by atoms with Crippen LogP contribution < -0.4 is 10.6 Å². The zero-order valence-corrected chi connectivity index (χ0v) is 14.8. The van der Waals surface area contributed by atoms with E-state index in [4.69, 9.17) is 15.0 Å². The normalized spacial score (nSPS) is 16.1. The summed E-state index contributed by atoms with van der Waals surface area (Å²) in [6.45, 7) is 4.38. The molecule has 4 rings (SSSR count). The van der Waals surface area contributed by atoms with Crippen LogP contribution in [-0.4, -0.2) is 5.16 Å².